The molecule has 6 nitrogen and oxygen atoms in total. The number of benzene rings is 1. The van der Waals surface area contributed by atoms with Gasteiger partial charge in [-0.25, -0.2) is 0 Å². The lowest BCUT2D eigenvalue weighted by atomic mass is 10.1. The first-order chi connectivity index (χ1) is 9.54. The molecule has 2 atom stereocenters. The molecule has 1 aliphatic rings. The van der Waals surface area contributed by atoms with Gasteiger partial charge in [0.2, 0.25) is 0 Å². The number of rotatable bonds is 3. The van der Waals surface area contributed by atoms with Gasteiger partial charge in [0.1, 0.15) is 0 Å². The summed E-state index contributed by atoms with van der Waals surface area (Å²) in [4.78, 5) is 14.2. The topological polar surface area (TPSA) is 88.2 Å². The van der Waals surface area contributed by atoms with Crippen molar-refractivity contribution in [1.82, 2.24) is 4.90 Å². The van der Waals surface area contributed by atoms with Crippen LogP contribution in [0.15, 0.2) is 29.4 Å². The Bertz CT molecular complexity index is 530. The van der Waals surface area contributed by atoms with Crippen LogP contribution in [0.25, 0.3) is 0 Å². The number of ether oxygens (including phenoxy) is 1. The highest BCUT2D eigenvalue weighted by Crippen LogP contribution is 2.20. The van der Waals surface area contributed by atoms with Crippen molar-refractivity contribution in [3.05, 3.63) is 35.4 Å². The van der Waals surface area contributed by atoms with Crippen LogP contribution in [0.5, 0.6) is 0 Å². The Labute approximate surface area is 117 Å². The lowest BCUT2D eigenvalue weighted by Gasteiger charge is -2.27. The molecule has 1 aromatic rings. The van der Waals surface area contributed by atoms with Gasteiger partial charge in [-0.2, -0.15) is 0 Å². The zero-order valence-electron chi connectivity index (χ0n) is 11.6. The normalized spacial score (nSPS) is 22.8. The monoisotopic (exact) mass is 277 g/mol. The number of nitrogens with zero attached hydrogens (tertiary/aromatic N) is 2. The molecule has 2 unspecified atom stereocenters. The Morgan fingerprint density at radius 1 is 1.50 bits per heavy atom. The predicted octanol–water partition coefficient (Wildman–Crippen LogP) is 1.03. The number of hydrogen-bond donors (Lipinski definition) is 2. The number of likely N-dealkylation sites (N-methyl/N-ethyl adjacent to an activating group) is 1. The third kappa shape index (κ3) is 2.75. The number of nitrogens with two attached hydrogens (primary N) is 1. The van der Waals surface area contributed by atoms with Crippen molar-refractivity contribution in [3.8, 4) is 0 Å². The molecule has 0 aromatic heterocycles. The van der Waals surface area contributed by atoms with Crippen LogP contribution in [0.1, 0.15) is 29.3 Å². The van der Waals surface area contributed by atoms with Crippen molar-refractivity contribution in [2.75, 3.05) is 13.7 Å². The molecule has 1 saturated heterocycles. The largest absolute Gasteiger partial charge is 0.409 e. The summed E-state index contributed by atoms with van der Waals surface area (Å²) in [5.41, 5.74) is 6.56. The molecular formula is C14H19N3O3. The van der Waals surface area contributed by atoms with Crippen LogP contribution < -0.4 is 5.73 Å². The summed E-state index contributed by atoms with van der Waals surface area (Å²) < 4.78 is 5.49. The average Bonchev–Trinajstić information content (AvgIpc) is 2.91. The van der Waals surface area contributed by atoms with Gasteiger partial charge in [-0.15, -0.1) is 0 Å². The van der Waals surface area contributed by atoms with Crippen molar-refractivity contribution < 1.29 is 14.7 Å². The predicted molar refractivity (Wildman–Crippen MR) is 74.9 cm³/mol. The molecule has 0 radical (unpaired) electrons. The van der Waals surface area contributed by atoms with E-state index in [9.17, 15) is 4.79 Å². The first kappa shape index (κ1) is 14.3. The Balaban J connectivity index is 2.20. The number of amidine groups is 1. The van der Waals surface area contributed by atoms with E-state index < -0.39 is 0 Å². The number of carbonyl (C=O) groups is 1. The Morgan fingerprint density at radius 2 is 2.20 bits per heavy atom. The number of carbonyl (C=O) groups excluding carboxylic acids is 1. The second kappa shape index (κ2) is 5.92. The van der Waals surface area contributed by atoms with Crippen molar-refractivity contribution in [2.45, 2.75) is 25.5 Å². The fourth-order valence-corrected chi connectivity index (χ4v) is 2.45. The molecule has 1 fully saturated rings. The van der Waals surface area contributed by atoms with Crippen LogP contribution in [0.2, 0.25) is 0 Å². The maximum absolute atomic E-state index is 12.5. The molecule has 108 valence electrons. The Hall–Kier alpha value is -2.08. The zero-order chi connectivity index (χ0) is 14.7. The summed E-state index contributed by atoms with van der Waals surface area (Å²) in [5.74, 6) is -0.111. The van der Waals surface area contributed by atoms with Gasteiger partial charge in [0.25, 0.3) is 5.91 Å². The van der Waals surface area contributed by atoms with E-state index in [2.05, 4.69) is 5.16 Å². The van der Waals surface area contributed by atoms with Gasteiger partial charge in [-0.05, 0) is 25.5 Å². The summed E-state index contributed by atoms with van der Waals surface area (Å²) in [6.45, 7) is 2.64. The molecule has 3 N–H and O–H groups in total. The summed E-state index contributed by atoms with van der Waals surface area (Å²) in [5, 5.41) is 11.6. The summed E-state index contributed by atoms with van der Waals surface area (Å²) in [6.07, 6.45) is 0.875. The lowest BCUT2D eigenvalue weighted by Crippen LogP contribution is -2.41. The Morgan fingerprint density at radius 3 is 2.80 bits per heavy atom. The van der Waals surface area contributed by atoms with E-state index in [-0.39, 0.29) is 23.9 Å². The van der Waals surface area contributed by atoms with Gasteiger partial charge in [0.15, 0.2) is 5.84 Å². The van der Waals surface area contributed by atoms with Crippen LogP contribution in [0.4, 0.5) is 0 Å². The molecule has 1 amide bonds. The lowest BCUT2D eigenvalue weighted by molar-refractivity contribution is 0.0574. The molecule has 0 bridgehead atoms. The minimum atomic E-state index is -0.0973. The zero-order valence-corrected chi connectivity index (χ0v) is 11.6. The van der Waals surface area contributed by atoms with Gasteiger partial charge in [-0.1, -0.05) is 17.3 Å². The minimum absolute atomic E-state index is 0.0140. The fourth-order valence-electron chi connectivity index (χ4n) is 2.45. The molecule has 1 aliphatic heterocycles. The first-order valence-electron chi connectivity index (χ1n) is 6.51. The molecule has 1 aromatic carbocycles. The SMILES string of the molecule is CC1OCCC1N(C)C(=O)c1cccc(/C(N)=N/O)c1. The smallest absolute Gasteiger partial charge is 0.253 e. The van der Waals surface area contributed by atoms with Crippen molar-refractivity contribution in [2.24, 2.45) is 10.9 Å². The summed E-state index contributed by atoms with van der Waals surface area (Å²) in [7, 11) is 1.77. The molecular weight excluding hydrogens is 258 g/mol. The van der Waals surface area contributed by atoms with E-state index in [1.807, 2.05) is 6.92 Å². The van der Waals surface area contributed by atoms with Gasteiger partial charge >= 0.3 is 0 Å². The maximum Gasteiger partial charge on any atom is 0.253 e. The number of hydrogen-bond acceptors (Lipinski definition) is 4. The summed E-state index contributed by atoms with van der Waals surface area (Å²) >= 11 is 0. The van der Waals surface area contributed by atoms with E-state index in [1.165, 1.54) is 0 Å². The first-order valence-corrected chi connectivity index (χ1v) is 6.51. The van der Waals surface area contributed by atoms with E-state index in [0.29, 0.717) is 17.7 Å². The molecule has 2 rings (SSSR count). The van der Waals surface area contributed by atoms with Crippen LogP contribution in [0.3, 0.4) is 0 Å². The van der Waals surface area contributed by atoms with E-state index in [1.54, 1.807) is 36.2 Å². The van der Waals surface area contributed by atoms with Gasteiger partial charge < -0.3 is 20.6 Å². The minimum Gasteiger partial charge on any atom is -0.409 e. The highest BCUT2D eigenvalue weighted by atomic mass is 16.5. The van der Waals surface area contributed by atoms with E-state index in [0.717, 1.165) is 6.42 Å². The summed E-state index contributed by atoms with van der Waals surface area (Å²) in [6, 6.07) is 6.81. The molecule has 0 saturated carbocycles. The standard InChI is InChI=1S/C14H19N3O3/c1-9-12(6-7-20-9)17(2)14(18)11-5-3-4-10(8-11)13(15)16-19/h3-5,8-9,12,19H,6-7H2,1-2H3,(H2,15,16). The third-order valence-electron chi connectivity index (χ3n) is 3.67. The molecule has 0 spiro atoms. The van der Waals surface area contributed by atoms with Crippen LogP contribution in [-0.4, -0.2) is 47.7 Å². The Kier molecular flexibility index (Phi) is 4.24. The van der Waals surface area contributed by atoms with Crippen molar-refractivity contribution >= 4 is 11.7 Å². The maximum atomic E-state index is 12.5. The second-order valence-electron chi connectivity index (χ2n) is 4.91. The van der Waals surface area contributed by atoms with Gasteiger partial charge in [-0.3, -0.25) is 4.79 Å². The second-order valence-corrected chi connectivity index (χ2v) is 4.91. The van der Waals surface area contributed by atoms with Crippen LogP contribution in [0, 0.1) is 0 Å². The van der Waals surface area contributed by atoms with E-state index >= 15 is 0 Å². The van der Waals surface area contributed by atoms with Crippen LogP contribution >= 0.6 is 0 Å². The van der Waals surface area contributed by atoms with Crippen LogP contribution in [-0.2, 0) is 4.74 Å². The molecule has 1 heterocycles. The van der Waals surface area contributed by atoms with E-state index in [4.69, 9.17) is 15.7 Å². The number of amides is 1. The molecule has 20 heavy (non-hydrogen) atoms. The number of oxime groups is 1. The van der Waals surface area contributed by atoms with Crippen molar-refractivity contribution in [3.63, 3.8) is 0 Å². The quantitative estimate of drug-likeness (QED) is 0.374. The average molecular weight is 277 g/mol. The third-order valence-corrected chi connectivity index (χ3v) is 3.67. The highest BCUT2D eigenvalue weighted by molar-refractivity contribution is 6.01. The highest BCUT2D eigenvalue weighted by Gasteiger charge is 2.31. The molecule has 0 aliphatic carbocycles. The molecule has 6 heteroatoms. The van der Waals surface area contributed by atoms with Gasteiger partial charge in [0, 0.05) is 24.8 Å². The van der Waals surface area contributed by atoms with Crippen molar-refractivity contribution in [1.29, 1.82) is 0 Å². The fraction of sp³-hybridized carbons (Fsp3) is 0.429. The van der Waals surface area contributed by atoms with Gasteiger partial charge in [0.05, 0.1) is 12.1 Å².